The molecule has 0 rings (SSSR count). The second-order valence-electron chi connectivity index (χ2n) is 15.6. The molecule has 0 spiro atoms. The summed E-state index contributed by atoms with van der Waals surface area (Å²) < 4.78 is 22.5. The van der Waals surface area contributed by atoms with Gasteiger partial charge < -0.3 is 33.3 Å². The summed E-state index contributed by atoms with van der Waals surface area (Å²) in [6, 6.07) is 0. The molecular weight excluding hydrogens is 682 g/mol. The average Bonchev–Trinajstić information content (AvgIpc) is 3.12. The van der Waals surface area contributed by atoms with Gasteiger partial charge in [-0.1, -0.05) is 127 Å². The Bertz CT molecular complexity index is 987. The number of unbranched alkanes of at least 4 members (excludes halogenated alkanes) is 18. The van der Waals surface area contributed by atoms with Crippen molar-refractivity contribution in [3.63, 3.8) is 0 Å². The van der Waals surface area contributed by atoms with Crippen molar-refractivity contribution in [3.05, 3.63) is 36.5 Å². The Hall–Kier alpha value is -2.49. The van der Waals surface area contributed by atoms with Gasteiger partial charge >= 0.3 is 11.9 Å². The van der Waals surface area contributed by atoms with E-state index in [9.17, 15) is 19.5 Å². The van der Waals surface area contributed by atoms with Crippen molar-refractivity contribution in [2.24, 2.45) is 0 Å². The summed E-state index contributed by atoms with van der Waals surface area (Å²) in [7, 11) is 5.89. The molecule has 0 amide bonds. The molecule has 0 aromatic rings. The van der Waals surface area contributed by atoms with E-state index in [0.717, 1.165) is 77.0 Å². The first-order chi connectivity index (χ1) is 26.1. The molecule has 0 aliphatic heterocycles. The number of aliphatic carboxylic acids is 1. The van der Waals surface area contributed by atoms with Crippen molar-refractivity contribution in [3.8, 4) is 0 Å². The molecule has 0 radical (unpaired) electrons. The summed E-state index contributed by atoms with van der Waals surface area (Å²) in [6.07, 6.45) is 37.4. The maximum atomic E-state index is 12.7. The van der Waals surface area contributed by atoms with Crippen LogP contribution in [0.15, 0.2) is 36.5 Å². The summed E-state index contributed by atoms with van der Waals surface area (Å²) in [4.78, 5) is 36.9. The minimum absolute atomic E-state index is 0.143. The van der Waals surface area contributed by atoms with Gasteiger partial charge in [-0.25, -0.2) is 0 Å². The molecule has 314 valence electrons. The number of hydrogen-bond donors (Lipinski definition) is 0. The smallest absolute Gasteiger partial charge is 0.306 e. The molecule has 9 heteroatoms. The number of esters is 2. The number of likely N-dealkylation sites (N-methyl/N-ethyl adjacent to an activating group) is 1. The van der Waals surface area contributed by atoms with Gasteiger partial charge in [-0.15, -0.1) is 0 Å². The molecule has 0 fully saturated rings. The molecule has 0 saturated carbocycles. The quantitative estimate of drug-likeness (QED) is 0.0200. The molecule has 0 aromatic heterocycles. The first-order valence-electron chi connectivity index (χ1n) is 21.6. The molecule has 54 heavy (non-hydrogen) atoms. The first-order valence-corrected chi connectivity index (χ1v) is 21.6. The van der Waals surface area contributed by atoms with E-state index in [1.165, 1.54) is 64.2 Å². The summed E-state index contributed by atoms with van der Waals surface area (Å²) >= 11 is 0. The minimum atomic E-state index is -1.62. The molecule has 0 bridgehead atoms. The Kier molecular flexibility index (Phi) is 35.7. The molecule has 2 atom stereocenters. The molecule has 2 unspecified atom stereocenters. The molecular formula is C45H81NO8. The third kappa shape index (κ3) is 37.8. The predicted octanol–water partition coefficient (Wildman–Crippen LogP) is 9.72. The second-order valence-corrected chi connectivity index (χ2v) is 15.6. The summed E-state index contributed by atoms with van der Waals surface area (Å²) in [5.41, 5.74) is 0. The van der Waals surface area contributed by atoms with Crippen LogP contribution in [0, 0.1) is 0 Å². The number of allylic oxidation sites excluding steroid dienone is 6. The maximum Gasteiger partial charge on any atom is 0.306 e. The van der Waals surface area contributed by atoms with Gasteiger partial charge in [0.05, 0.1) is 40.3 Å². The number of carbonyl (C=O) groups excluding carboxylic acids is 3. The highest BCUT2D eigenvalue weighted by molar-refractivity contribution is 5.70. The van der Waals surface area contributed by atoms with Crippen LogP contribution in [-0.4, -0.2) is 82.3 Å². The van der Waals surface area contributed by atoms with Gasteiger partial charge in [0, 0.05) is 12.8 Å². The van der Waals surface area contributed by atoms with E-state index in [-0.39, 0.29) is 38.6 Å². The lowest BCUT2D eigenvalue weighted by atomic mass is 10.1. The van der Waals surface area contributed by atoms with Crippen LogP contribution in [0.2, 0.25) is 0 Å². The van der Waals surface area contributed by atoms with E-state index in [1.807, 2.05) is 21.1 Å². The fraction of sp³-hybridized carbons (Fsp3) is 0.800. The molecule has 0 saturated heterocycles. The number of nitrogens with zero attached hydrogens (tertiary/aromatic N) is 1. The fourth-order valence-corrected chi connectivity index (χ4v) is 5.68. The molecule has 0 aliphatic rings. The molecule has 0 aromatic carbocycles. The van der Waals surface area contributed by atoms with E-state index in [1.54, 1.807) is 0 Å². The number of hydrogen-bond acceptors (Lipinski definition) is 8. The SMILES string of the molecule is CCCCC/C=C\C/C=C\CCCCCCCC(=O)OC(COC(=O)CCCCCCC/C=C\CCCCCCC)COC(OCC[N+](C)(C)C)C(=O)[O-]. The second kappa shape index (κ2) is 37.4. The molecule has 9 nitrogen and oxygen atoms in total. The molecule has 0 heterocycles. The van der Waals surface area contributed by atoms with Crippen molar-refractivity contribution >= 4 is 17.9 Å². The van der Waals surface area contributed by atoms with Crippen LogP contribution >= 0.6 is 0 Å². The van der Waals surface area contributed by atoms with Crippen LogP contribution in [0.1, 0.15) is 174 Å². The lowest BCUT2D eigenvalue weighted by Gasteiger charge is -2.26. The average molecular weight is 764 g/mol. The highest BCUT2D eigenvalue weighted by atomic mass is 16.7. The Morgan fingerprint density at radius 1 is 0.556 bits per heavy atom. The van der Waals surface area contributed by atoms with E-state index < -0.39 is 24.3 Å². The van der Waals surface area contributed by atoms with Gasteiger partial charge in [0.1, 0.15) is 13.2 Å². The summed E-state index contributed by atoms with van der Waals surface area (Å²) in [6.45, 7) is 4.66. The lowest BCUT2D eigenvalue weighted by Crippen LogP contribution is -2.44. The molecule has 0 aliphatic carbocycles. The zero-order valence-electron chi connectivity index (χ0n) is 35.3. The monoisotopic (exact) mass is 764 g/mol. The van der Waals surface area contributed by atoms with E-state index in [2.05, 4.69) is 50.3 Å². The standard InChI is InChI=1S/C45H81NO8/c1-6-8-10-12-14-16-18-20-22-24-26-28-30-32-34-36-43(48)54-41(40-53-45(44(49)50)51-38-37-46(3,4)5)39-52-42(47)35-33-31-29-27-25-23-21-19-17-15-13-11-9-7-2/h14,16,19-22,41,45H,6-13,15,17-18,23-40H2,1-5H3/b16-14-,21-19-,22-20-. The Labute approximate surface area is 330 Å². The Balaban J connectivity index is 4.51. The predicted molar refractivity (Wildman–Crippen MR) is 219 cm³/mol. The zero-order valence-corrected chi connectivity index (χ0v) is 35.3. The normalized spacial score (nSPS) is 13.3. The topological polar surface area (TPSA) is 111 Å². The summed E-state index contributed by atoms with van der Waals surface area (Å²) in [5, 5.41) is 11.7. The van der Waals surface area contributed by atoms with Crippen molar-refractivity contribution in [1.82, 2.24) is 0 Å². The minimum Gasteiger partial charge on any atom is -0.545 e. The number of carboxylic acids is 1. The van der Waals surface area contributed by atoms with Crippen molar-refractivity contribution in [2.75, 3.05) is 47.5 Å². The highest BCUT2D eigenvalue weighted by Gasteiger charge is 2.21. The van der Waals surface area contributed by atoms with Crippen LogP contribution in [0.5, 0.6) is 0 Å². The van der Waals surface area contributed by atoms with Gasteiger partial charge in [0.15, 0.2) is 12.4 Å². The number of carboxylic acid groups (broad SMARTS) is 1. The van der Waals surface area contributed by atoms with E-state index in [4.69, 9.17) is 18.9 Å². The third-order valence-corrected chi connectivity index (χ3v) is 9.11. The third-order valence-electron chi connectivity index (χ3n) is 9.11. The largest absolute Gasteiger partial charge is 0.545 e. The number of quaternary nitrogens is 1. The number of rotatable bonds is 39. The van der Waals surface area contributed by atoms with Crippen LogP contribution in [0.4, 0.5) is 0 Å². The highest BCUT2D eigenvalue weighted by Crippen LogP contribution is 2.13. The van der Waals surface area contributed by atoms with Gasteiger partial charge in [-0.2, -0.15) is 0 Å². The number of carbonyl (C=O) groups is 3. The fourth-order valence-electron chi connectivity index (χ4n) is 5.68. The lowest BCUT2D eigenvalue weighted by molar-refractivity contribution is -0.870. The zero-order chi connectivity index (χ0) is 40.0. The van der Waals surface area contributed by atoms with Gasteiger partial charge in [-0.05, 0) is 70.6 Å². The Morgan fingerprint density at radius 3 is 1.52 bits per heavy atom. The summed E-state index contributed by atoms with van der Waals surface area (Å²) in [5.74, 6) is -2.32. The van der Waals surface area contributed by atoms with Gasteiger partial charge in [0.25, 0.3) is 0 Å². The van der Waals surface area contributed by atoms with Crippen LogP contribution in [0.25, 0.3) is 0 Å². The van der Waals surface area contributed by atoms with Crippen molar-refractivity contribution in [1.29, 1.82) is 0 Å². The maximum absolute atomic E-state index is 12.7. The van der Waals surface area contributed by atoms with Crippen LogP contribution in [0.3, 0.4) is 0 Å². The van der Waals surface area contributed by atoms with Crippen molar-refractivity contribution < 1.29 is 42.9 Å². The first kappa shape index (κ1) is 51.5. The van der Waals surface area contributed by atoms with Crippen LogP contribution in [-0.2, 0) is 33.3 Å². The number of ether oxygens (including phenoxy) is 4. The van der Waals surface area contributed by atoms with Gasteiger partial charge in [0.2, 0.25) is 0 Å². The molecule has 0 N–H and O–H groups in total. The van der Waals surface area contributed by atoms with Crippen LogP contribution < -0.4 is 5.11 Å². The van der Waals surface area contributed by atoms with Crippen molar-refractivity contribution in [2.45, 2.75) is 187 Å². The van der Waals surface area contributed by atoms with E-state index in [0.29, 0.717) is 17.4 Å². The Morgan fingerprint density at radius 2 is 1.00 bits per heavy atom. The van der Waals surface area contributed by atoms with Gasteiger partial charge in [-0.3, -0.25) is 9.59 Å². The van der Waals surface area contributed by atoms with E-state index >= 15 is 0 Å².